The predicted octanol–water partition coefficient (Wildman–Crippen LogP) is 0.540. The van der Waals surface area contributed by atoms with E-state index in [2.05, 4.69) is 10.6 Å². The summed E-state index contributed by atoms with van der Waals surface area (Å²) in [4.78, 5) is 49.6. The van der Waals surface area contributed by atoms with Gasteiger partial charge in [-0.15, -0.1) is 0 Å². The molecule has 1 unspecified atom stereocenters. The monoisotopic (exact) mass is 295 g/mol. The molecule has 1 saturated heterocycles. The van der Waals surface area contributed by atoms with E-state index in [1.165, 1.54) is 6.92 Å². The number of barbiturate groups is 1. The number of rotatable bonds is 4. The Bertz CT molecular complexity index is 483. The second-order valence-corrected chi connectivity index (χ2v) is 5.69. The predicted molar refractivity (Wildman–Crippen MR) is 74.0 cm³/mol. The maximum atomic E-state index is 12.7. The lowest BCUT2D eigenvalue weighted by Crippen LogP contribution is -2.66. The molecular formula is C14H21N3O4. The number of imide groups is 2. The molecular weight excluding hydrogens is 274 g/mol. The first kappa shape index (κ1) is 15.5. The number of hydrogen-bond acceptors (Lipinski definition) is 4. The Balaban J connectivity index is 2.21. The van der Waals surface area contributed by atoms with Gasteiger partial charge in [0, 0.05) is 6.54 Å². The van der Waals surface area contributed by atoms with Gasteiger partial charge in [0.05, 0.1) is 0 Å². The van der Waals surface area contributed by atoms with Crippen LogP contribution < -0.4 is 10.6 Å². The zero-order chi connectivity index (χ0) is 15.6. The van der Waals surface area contributed by atoms with Gasteiger partial charge < -0.3 is 5.32 Å². The van der Waals surface area contributed by atoms with Crippen molar-refractivity contribution in [2.24, 2.45) is 5.41 Å². The molecule has 2 aliphatic rings. The summed E-state index contributed by atoms with van der Waals surface area (Å²) < 4.78 is 0. The lowest BCUT2D eigenvalue weighted by atomic mass is 9.81. The minimum Gasteiger partial charge on any atom is -0.354 e. The average molecular weight is 295 g/mol. The van der Waals surface area contributed by atoms with Crippen molar-refractivity contribution in [1.82, 2.24) is 15.5 Å². The first-order valence-corrected chi connectivity index (χ1v) is 7.41. The Labute approximate surface area is 123 Å². The third-order valence-electron chi connectivity index (χ3n) is 4.28. The van der Waals surface area contributed by atoms with Crippen LogP contribution in [0.25, 0.3) is 0 Å². The molecule has 1 saturated carbocycles. The topological polar surface area (TPSA) is 95.6 Å². The Kier molecular flexibility index (Phi) is 4.29. The van der Waals surface area contributed by atoms with E-state index in [0.29, 0.717) is 19.4 Å². The van der Waals surface area contributed by atoms with Gasteiger partial charge in [-0.25, -0.2) is 4.79 Å². The molecule has 1 aliphatic carbocycles. The lowest BCUT2D eigenvalue weighted by Gasteiger charge is -2.39. The Hall–Kier alpha value is -1.92. The first-order chi connectivity index (χ1) is 9.94. The van der Waals surface area contributed by atoms with Crippen LogP contribution in [0.2, 0.25) is 0 Å². The zero-order valence-electron chi connectivity index (χ0n) is 12.4. The molecule has 0 aromatic carbocycles. The quantitative estimate of drug-likeness (QED) is 0.740. The summed E-state index contributed by atoms with van der Waals surface area (Å²) in [6.45, 7) is 3.90. The molecule has 1 heterocycles. The van der Waals surface area contributed by atoms with Crippen LogP contribution in [0, 0.1) is 5.41 Å². The Morgan fingerprint density at radius 1 is 1.33 bits per heavy atom. The summed E-state index contributed by atoms with van der Waals surface area (Å²) in [5.41, 5.74) is -1.16. The highest BCUT2D eigenvalue weighted by atomic mass is 16.2. The van der Waals surface area contributed by atoms with E-state index in [-0.39, 0.29) is 5.91 Å². The van der Waals surface area contributed by atoms with Crippen molar-refractivity contribution in [2.45, 2.75) is 52.0 Å². The Morgan fingerprint density at radius 2 is 1.95 bits per heavy atom. The second-order valence-electron chi connectivity index (χ2n) is 5.69. The van der Waals surface area contributed by atoms with Crippen molar-refractivity contribution in [1.29, 1.82) is 0 Å². The fourth-order valence-corrected chi connectivity index (χ4v) is 2.98. The third kappa shape index (κ3) is 2.52. The number of hydrogen-bond donors (Lipinski definition) is 2. The van der Waals surface area contributed by atoms with Crippen molar-refractivity contribution < 1.29 is 19.2 Å². The van der Waals surface area contributed by atoms with E-state index in [1.54, 1.807) is 0 Å². The Morgan fingerprint density at radius 3 is 2.52 bits per heavy atom. The highest BCUT2D eigenvalue weighted by Gasteiger charge is 2.56. The van der Waals surface area contributed by atoms with Gasteiger partial charge in [-0.3, -0.25) is 24.6 Å². The van der Waals surface area contributed by atoms with E-state index in [4.69, 9.17) is 0 Å². The highest BCUT2D eigenvalue weighted by molar-refractivity contribution is 6.20. The van der Waals surface area contributed by atoms with Crippen LogP contribution in [-0.4, -0.2) is 41.2 Å². The summed E-state index contributed by atoms with van der Waals surface area (Å²) in [7, 11) is 0. The molecule has 1 spiro atoms. The molecule has 2 fully saturated rings. The van der Waals surface area contributed by atoms with Gasteiger partial charge in [-0.05, 0) is 26.2 Å². The van der Waals surface area contributed by atoms with Crippen LogP contribution in [0.3, 0.4) is 0 Å². The number of amides is 5. The molecule has 2 rings (SSSR count). The molecule has 0 radical (unpaired) electrons. The van der Waals surface area contributed by atoms with Crippen molar-refractivity contribution in [3.8, 4) is 0 Å². The van der Waals surface area contributed by atoms with Crippen LogP contribution >= 0.6 is 0 Å². The fourth-order valence-electron chi connectivity index (χ4n) is 2.98. The fraction of sp³-hybridized carbons (Fsp3) is 0.714. The van der Waals surface area contributed by atoms with Crippen LogP contribution in [0.5, 0.6) is 0 Å². The number of nitrogens with zero attached hydrogens (tertiary/aromatic N) is 1. The third-order valence-corrected chi connectivity index (χ3v) is 4.28. The van der Waals surface area contributed by atoms with Gasteiger partial charge in [-0.1, -0.05) is 19.8 Å². The van der Waals surface area contributed by atoms with Crippen LogP contribution in [0.1, 0.15) is 46.0 Å². The molecule has 0 aromatic rings. The molecule has 5 amide bonds. The van der Waals surface area contributed by atoms with Gasteiger partial charge in [0.1, 0.15) is 11.5 Å². The largest absolute Gasteiger partial charge is 0.354 e. The summed E-state index contributed by atoms with van der Waals surface area (Å²) in [5, 5.41) is 4.89. The first-order valence-electron chi connectivity index (χ1n) is 7.41. The minimum absolute atomic E-state index is 0.386. The summed E-state index contributed by atoms with van der Waals surface area (Å²) in [6, 6.07) is -1.73. The molecule has 0 bridgehead atoms. The van der Waals surface area contributed by atoms with Crippen molar-refractivity contribution in [3.05, 3.63) is 0 Å². The maximum absolute atomic E-state index is 12.7. The molecule has 1 atom stereocenters. The van der Waals surface area contributed by atoms with Crippen LogP contribution in [0.15, 0.2) is 0 Å². The van der Waals surface area contributed by atoms with E-state index in [9.17, 15) is 19.2 Å². The lowest BCUT2D eigenvalue weighted by molar-refractivity contribution is -0.154. The van der Waals surface area contributed by atoms with Crippen molar-refractivity contribution in [3.63, 3.8) is 0 Å². The van der Waals surface area contributed by atoms with Crippen molar-refractivity contribution >= 4 is 23.8 Å². The smallest absolute Gasteiger partial charge is 0.331 e. The SMILES string of the molecule is CCCNC(=O)C(C)N1C(=O)NC(=O)C2(CCCC2)C1=O. The van der Waals surface area contributed by atoms with E-state index in [0.717, 1.165) is 24.2 Å². The van der Waals surface area contributed by atoms with Gasteiger partial charge in [0.15, 0.2) is 0 Å². The van der Waals surface area contributed by atoms with E-state index >= 15 is 0 Å². The molecule has 116 valence electrons. The summed E-state index contributed by atoms with van der Waals surface area (Å²) in [6.07, 6.45) is 3.19. The van der Waals surface area contributed by atoms with Crippen LogP contribution in [-0.2, 0) is 14.4 Å². The number of urea groups is 1. The van der Waals surface area contributed by atoms with E-state index < -0.39 is 29.3 Å². The van der Waals surface area contributed by atoms with Gasteiger partial charge >= 0.3 is 6.03 Å². The summed E-state index contributed by atoms with van der Waals surface area (Å²) in [5.74, 6) is -1.44. The van der Waals surface area contributed by atoms with Gasteiger partial charge in [-0.2, -0.15) is 0 Å². The van der Waals surface area contributed by atoms with Crippen LogP contribution in [0.4, 0.5) is 4.79 Å². The molecule has 7 nitrogen and oxygen atoms in total. The normalized spacial score (nSPS) is 22.4. The summed E-state index contributed by atoms with van der Waals surface area (Å²) >= 11 is 0. The molecule has 0 aromatic heterocycles. The minimum atomic E-state index is -1.16. The molecule has 7 heteroatoms. The number of carbonyl (C=O) groups is 4. The second kappa shape index (κ2) is 5.83. The molecule has 21 heavy (non-hydrogen) atoms. The molecule has 2 N–H and O–H groups in total. The molecule has 1 aliphatic heterocycles. The number of carbonyl (C=O) groups excluding carboxylic acids is 4. The van der Waals surface area contributed by atoms with Crippen molar-refractivity contribution in [2.75, 3.05) is 6.54 Å². The van der Waals surface area contributed by atoms with E-state index in [1.807, 2.05) is 6.92 Å². The number of nitrogens with one attached hydrogen (secondary N) is 2. The zero-order valence-corrected chi connectivity index (χ0v) is 12.4. The highest BCUT2D eigenvalue weighted by Crippen LogP contribution is 2.42. The maximum Gasteiger partial charge on any atom is 0.331 e. The van der Waals surface area contributed by atoms with Gasteiger partial charge in [0.25, 0.3) is 0 Å². The van der Waals surface area contributed by atoms with Gasteiger partial charge in [0.2, 0.25) is 17.7 Å². The average Bonchev–Trinajstić information content (AvgIpc) is 2.93. The standard InChI is InChI=1S/C14H21N3O4/c1-3-8-15-10(18)9(2)17-12(20)14(6-4-5-7-14)11(19)16-13(17)21/h9H,3-8H2,1-2H3,(H,15,18)(H,16,19,21).